The Morgan fingerprint density at radius 3 is 2.50 bits per heavy atom. The van der Waals surface area contributed by atoms with Crippen LogP contribution in [0.15, 0.2) is 72.0 Å². The van der Waals surface area contributed by atoms with Gasteiger partial charge in [0.2, 0.25) is 0 Å². The minimum absolute atomic E-state index is 0.303. The first-order chi connectivity index (χ1) is 12.7. The second kappa shape index (κ2) is 8.02. The molecule has 1 aromatic heterocycles. The predicted molar refractivity (Wildman–Crippen MR) is 100 cm³/mol. The second-order valence-corrected chi connectivity index (χ2v) is 5.43. The van der Waals surface area contributed by atoms with Gasteiger partial charge in [-0.2, -0.15) is 5.10 Å². The summed E-state index contributed by atoms with van der Waals surface area (Å²) >= 11 is 0. The van der Waals surface area contributed by atoms with Gasteiger partial charge in [0.1, 0.15) is 11.5 Å². The lowest BCUT2D eigenvalue weighted by Gasteiger charge is -2.07. The molecular formula is C20H19N3O3. The molecule has 3 rings (SSSR count). The van der Waals surface area contributed by atoms with E-state index in [-0.39, 0.29) is 5.91 Å². The Morgan fingerprint density at radius 2 is 1.77 bits per heavy atom. The average molecular weight is 349 g/mol. The van der Waals surface area contributed by atoms with Crippen molar-refractivity contribution >= 4 is 12.1 Å². The largest absolute Gasteiger partial charge is 0.497 e. The van der Waals surface area contributed by atoms with Crippen LogP contribution in [0, 0.1) is 0 Å². The van der Waals surface area contributed by atoms with Crippen molar-refractivity contribution in [2.24, 2.45) is 5.10 Å². The van der Waals surface area contributed by atoms with Gasteiger partial charge in [-0.1, -0.05) is 6.07 Å². The maximum Gasteiger partial charge on any atom is 0.271 e. The van der Waals surface area contributed by atoms with Crippen LogP contribution in [0.25, 0.3) is 5.69 Å². The molecule has 0 saturated carbocycles. The van der Waals surface area contributed by atoms with E-state index in [2.05, 4.69) is 10.5 Å². The average Bonchev–Trinajstić information content (AvgIpc) is 3.16. The maximum absolute atomic E-state index is 12.2. The van der Waals surface area contributed by atoms with Crippen LogP contribution in [0.5, 0.6) is 11.5 Å². The summed E-state index contributed by atoms with van der Waals surface area (Å²) in [5.74, 6) is 1.11. The van der Waals surface area contributed by atoms with Gasteiger partial charge in [0, 0.05) is 17.4 Å². The van der Waals surface area contributed by atoms with E-state index in [1.54, 1.807) is 44.7 Å². The van der Waals surface area contributed by atoms with Gasteiger partial charge in [-0.25, -0.2) is 5.43 Å². The fourth-order valence-electron chi connectivity index (χ4n) is 2.46. The van der Waals surface area contributed by atoms with Crippen molar-refractivity contribution in [3.05, 3.63) is 78.1 Å². The van der Waals surface area contributed by atoms with Crippen LogP contribution in [-0.4, -0.2) is 30.9 Å². The molecule has 1 amide bonds. The van der Waals surface area contributed by atoms with E-state index in [0.29, 0.717) is 11.3 Å². The van der Waals surface area contributed by atoms with E-state index in [9.17, 15) is 4.79 Å². The molecule has 0 aliphatic heterocycles. The molecule has 0 spiro atoms. The third-order valence-corrected chi connectivity index (χ3v) is 3.83. The summed E-state index contributed by atoms with van der Waals surface area (Å²) in [6.45, 7) is 0. The Hall–Kier alpha value is -3.54. The summed E-state index contributed by atoms with van der Waals surface area (Å²) in [5.41, 5.74) is 4.81. The Bertz CT molecular complexity index is 914. The molecule has 3 aromatic rings. The van der Waals surface area contributed by atoms with Crippen molar-refractivity contribution in [3.8, 4) is 17.2 Å². The van der Waals surface area contributed by atoms with Crippen LogP contribution in [0.4, 0.5) is 0 Å². The summed E-state index contributed by atoms with van der Waals surface area (Å²) in [6.07, 6.45) is 3.52. The van der Waals surface area contributed by atoms with Crippen molar-refractivity contribution in [2.45, 2.75) is 0 Å². The van der Waals surface area contributed by atoms with E-state index in [1.165, 1.54) is 0 Å². The van der Waals surface area contributed by atoms with Gasteiger partial charge < -0.3 is 14.0 Å². The molecule has 0 bridgehead atoms. The van der Waals surface area contributed by atoms with Gasteiger partial charge in [0.15, 0.2) is 0 Å². The fraction of sp³-hybridized carbons (Fsp3) is 0.100. The number of carbonyl (C=O) groups excluding carboxylic acids is 1. The zero-order valence-electron chi connectivity index (χ0n) is 14.5. The van der Waals surface area contributed by atoms with E-state index in [4.69, 9.17) is 9.47 Å². The van der Waals surface area contributed by atoms with Crippen LogP contribution in [0.3, 0.4) is 0 Å². The predicted octanol–water partition coefficient (Wildman–Crippen LogP) is 3.26. The van der Waals surface area contributed by atoms with Crippen molar-refractivity contribution in [1.82, 2.24) is 9.99 Å². The molecule has 0 fully saturated rings. The van der Waals surface area contributed by atoms with E-state index < -0.39 is 0 Å². The number of amides is 1. The van der Waals surface area contributed by atoms with E-state index >= 15 is 0 Å². The minimum atomic E-state index is -0.303. The van der Waals surface area contributed by atoms with E-state index in [1.807, 2.05) is 47.2 Å². The van der Waals surface area contributed by atoms with Gasteiger partial charge in [-0.3, -0.25) is 4.79 Å². The van der Waals surface area contributed by atoms with Crippen molar-refractivity contribution < 1.29 is 14.3 Å². The molecule has 0 unspecified atom stereocenters. The number of hydrogen-bond acceptors (Lipinski definition) is 4. The van der Waals surface area contributed by atoms with Crippen LogP contribution in [0.2, 0.25) is 0 Å². The Balaban J connectivity index is 1.71. The normalized spacial score (nSPS) is 10.7. The molecule has 6 nitrogen and oxygen atoms in total. The number of hydrazone groups is 1. The quantitative estimate of drug-likeness (QED) is 0.549. The van der Waals surface area contributed by atoms with Gasteiger partial charge >= 0.3 is 0 Å². The molecule has 0 atom stereocenters. The monoisotopic (exact) mass is 349 g/mol. The van der Waals surface area contributed by atoms with Crippen molar-refractivity contribution in [1.29, 1.82) is 0 Å². The SMILES string of the molecule is COc1ccc(-n2cccc2C=NNC(=O)c2cccc(OC)c2)cc1. The first-order valence-electron chi connectivity index (χ1n) is 8.00. The highest BCUT2D eigenvalue weighted by molar-refractivity contribution is 5.95. The van der Waals surface area contributed by atoms with Gasteiger partial charge in [0.25, 0.3) is 5.91 Å². The number of aromatic nitrogens is 1. The first kappa shape index (κ1) is 17.3. The molecule has 2 aromatic carbocycles. The number of hydrogen-bond donors (Lipinski definition) is 1. The zero-order valence-corrected chi connectivity index (χ0v) is 14.5. The highest BCUT2D eigenvalue weighted by Gasteiger charge is 2.06. The Kier molecular flexibility index (Phi) is 5.34. The Labute approximate surface area is 151 Å². The van der Waals surface area contributed by atoms with Crippen LogP contribution in [0.1, 0.15) is 16.1 Å². The second-order valence-electron chi connectivity index (χ2n) is 5.43. The molecule has 0 aliphatic carbocycles. The number of nitrogens with zero attached hydrogens (tertiary/aromatic N) is 2. The molecule has 26 heavy (non-hydrogen) atoms. The molecule has 132 valence electrons. The molecule has 1 N–H and O–H groups in total. The number of methoxy groups -OCH3 is 2. The smallest absolute Gasteiger partial charge is 0.271 e. The van der Waals surface area contributed by atoms with Crippen LogP contribution in [-0.2, 0) is 0 Å². The summed E-state index contributed by atoms with van der Waals surface area (Å²) in [4.78, 5) is 12.2. The summed E-state index contributed by atoms with van der Waals surface area (Å²) in [5, 5.41) is 4.05. The summed E-state index contributed by atoms with van der Waals surface area (Å²) in [6, 6.07) is 18.4. The summed E-state index contributed by atoms with van der Waals surface area (Å²) < 4.78 is 12.3. The standard InChI is InChI=1S/C20H19N3O3/c1-25-18-10-8-16(9-11-18)23-12-4-6-17(23)14-21-22-20(24)15-5-3-7-19(13-15)26-2/h3-14H,1-2H3,(H,22,24). The first-order valence-corrected chi connectivity index (χ1v) is 8.00. The number of benzene rings is 2. The third-order valence-electron chi connectivity index (χ3n) is 3.83. The topological polar surface area (TPSA) is 64.8 Å². The Morgan fingerprint density at radius 1 is 1.00 bits per heavy atom. The van der Waals surface area contributed by atoms with Crippen LogP contribution >= 0.6 is 0 Å². The van der Waals surface area contributed by atoms with E-state index in [0.717, 1.165) is 17.1 Å². The molecule has 0 aliphatic rings. The lowest BCUT2D eigenvalue weighted by Crippen LogP contribution is -2.17. The molecule has 6 heteroatoms. The van der Waals surface area contributed by atoms with Crippen molar-refractivity contribution in [3.63, 3.8) is 0 Å². The van der Waals surface area contributed by atoms with Gasteiger partial charge in [0.05, 0.1) is 26.1 Å². The van der Waals surface area contributed by atoms with Gasteiger partial charge in [-0.15, -0.1) is 0 Å². The fourth-order valence-corrected chi connectivity index (χ4v) is 2.46. The number of rotatable bonds is 6. The lowest BCUT2D eigenvalue weighted by atomic mass is 10.2. The number of nitrogens with one attached hydrogen (secondary N) is 1. The van der Waals surface area contributed by atoms with Gasteiger partial charge in [-0.05, 0) is 54.6 Å². The zero-order chi connectivity index (χ0) is 18.4. The lowest BCUT2D eigenvalue weighted by molar-refractivity contribution is 0.0955. The molecular weight excluding hydrogens is 330 g/mol. The molecule has 1 heterocycles. The highest BCUT2D eigenvalue weighted by atomic mass is 16.5. The summed E-state index contributed by atoms with van der Waals surface area (Å²) in [7, 11) is 3.19. The van der Waals surface area contributed by atoms with Crippen LogP contribution < -0.4 is 14.9 Å². The molecule has 0 saturated heterocycles. The van der Waals surface area contributed by atoms with Crippen molar-refractivity contribution in [2.75, 3.05) is 14.2 Å². The number of carbonyl (C=O) groups is 1. The highest BCUT2D eigenvalue weighted by Crippen LogP contribution is 2.16. The minimum Gasteiger partial charge on any atom is -0.497 e. The molecule has 0 radical (unpaired) electrons. The maximum atomic E-state index is 12.2. The number of ether oxygens (including phenoxy) is 2. The third kappa shape index (κ3) is 3.92.